The number of ether oxygens (including phenoxy) is 1. The predicted molar refractivity (Wildman–Crippen MR) is 70.5 cm³/mol. The number of nitrogens with two attached hydrogens (primary N) is 1. The van der Waals surface area contributed by atoms with Crippen LogP contribution in [0.1, 0.15) is 13.8 Å². The van der Waals surface area contributed by atoms with Crippen LogP contribution in [-0.2, 0) is 7.05 Å². The van der Waals surface area contributed by atoms with Crippen LogP contribution in [0.2, 0.25) is 5.02 Å². The molecule has 0 aliphatic carbocycles. The lowest BCUT2D eigenvalue weighted by Gasteiger charge is -2.04. The lowest BCUT2D eigenvalue weighted by atomic mass is 10.3. The fraction of sp³-hybridized carbons (Fsp3) is 0.250. The minimum atomic E-state index is 0.550. The van der Waals surface area contributed by atoms with E-state index in [0.717, 1.165) is 0 Å². The van der Waals surface area contributed by atoms with Gasteiger partial charge in [0.15, 0.2) is 5.75 Å². The molecule has 2 rings (SSSR count). The second kappa shape index (κ2) is 6.15. The Labute approximate surface area is 106 Å². The van der Waals surface area contributed by atoms with Crippen LogP contribution in [0.4, 0.5) is 5.69 Å². The van der Waals surface area contributed by atoms with Crippen LogP contribution in [0.25, 0.3) is 0 Å². The van der Waals surface area contributed by atoms with Gasteiger partial charge in [-0.3, -0.25) is 4.68 Å². The number of nitrogen functional groups attached to an aromatic ring is 1. The summed E-state index contributed by atoms with van der Waals surface area (Å²) >= 11 is 5.84. The van der Waals surface area contributed by atoms with E-state index in [1.807, 2.05) is 20.9 Å². The van der Waals surface area contributed by atoms with Gasteiger partial charge >= 0.3 is 0 Å². The number of nitrogens with zero attached hydrogens (tertiary/aromatic N) is 2. The number of benzene rings is 1. The van der Waals surface area contributed by atoms with Crippen molar-refractivity contribution in [2.24, 2.45) is 7.05 Å². The van der Waals surface area contributed by atoms with Gasteiger partial charge in [-0.05, 0) is 12.1 Å². The number of halogens is 1. The van der Waals surface area contributed by atoms with Gasteiger partial charge in [0.2, 0.25) is 0 Å². The van der Waals surface area contributed by atoms with Gasteiger partial charge < -0.3 is 10.5 Å². The average molecular weight is 254 g/mol. The Hall–Kier alpha value is -1.68. The molecule has 92 valence electrons. The van der Waals surface area contributed by atoms with Crippen molar-refractivity contribution in [3.63, 3.8) is 0 Å². The first-order chi connectivity index (χ1) is 8.13. The van der Waals surface area contributed by atoms with E-state index in [-0.39, 0.29) is 0 Å². The fourth-order valence-corrected chi connectivity index (χ4v) is 1.46. The maximum atomic E-state index is 5.84. The molecule has 1 aromatic carbocycles. The Morgan fingerprint density at radius 3 is 2.47 bits per heavy atom. The van der Waals surface area contributed by atoms with Gasteiger partial charge in [0.05, 0.1) is 12.4 Å². The number of hydrogen-bond donors (Lipinski definition) is 1. The van der Waals surface area contributed by atoms with E-state index < -0.39 is 0 Å². The fourth-order valence-electron chi connectivity index (χ4n) is 1.23. The summed E-state index contributed by atoms with van der Waals surface area (Å²) < 4.78 is 7.17. The highest BCUT2D eigenvalue weighted by Crippen LogP contribution is 2.26. The molecule has 2 aromatic rings. The van der Waals surface area contributed by atoms with Gasteiger partial charge in [-0.15, -0.1) is 0 Å². The molecular weight excluding hydrogens is 238 g/mol. The van der Waals surface area contributed by atoms with Crippen LogP contribution in [0.15, 0.2) is 30.6 Å². The summed E-state index contributed by atoms with van der Waals surface area (Å²) in [5.74, 6) is 1.26. The first-order valence-electron chi connectivity index (χ1n) is 5.36. The zero-order valence-electron chi connectivity index (χ0n) is 10.1. The maximum absolute atomic E-state index is 5.84. The van der Waals surface area contributed by atoms with Crippen molar-refractivity contribution < 1.29 is 4.74 Å². The number of aromatic nitrogens is 2. The molecule has 0 unspecified atom stereocenters. The van der Waals surface area contributed by atoms with E-state index in [9.17, 15) is 0 Å². The molecule has 0 saturated carbocycles. The SMILES string of the molecule is CC.Cn1cc(Oc2cc(N)cc(Cl)c2)cn1. The minimum absolute atomic E-state index is 0.550. The zero-order chi connectivity index (χ0) is 12.8. The Morgan fingerprint density at radius 2 is 1.94 bits per heavy atom. The Bertz CT molecular complexity index is 462. The predicted octanol–water partition coefficient (Wildman–Crippen LogP) is 3.47. The van der Waals surface area contributed by atoms with Crippen LogP contribution in [-0.4, -0.2) is 9.78 Å². The van der Waals surface area contributed by atoms with Gasteiger partial charge in [-0.25, -0.2) is 0 Å². The third kappa shape index (κ3) is 4.00. The third-order valence-corrected chi connectivity index (χ3v) is 2.03. The zero-order valence-corrected chi connectivity index (χ0v) is 10.9. The van der Waals surface area contributed by atoms with Crippen molar-refractivity contribution in [3.8, 4) is 11.5 Å². The summed E-state index contributed by atoms with van der Waals surface area (Å²) in [6, 6.07) is 5.07. The molecule has 0 aliphatic heterocycles. The van der Waals surface area contributed by atoms with Gasteiger partial charge in [0.25, 0.3) is 0 Å². The summed E-state index contributed by atoms with van der Waals surface area (Å²) in [7, 11) is 1.82. The summed E-state index contributed by atoms with van der Waals surface area (Å²) in [6.07, 6.45) is 3.38. The highest BCUT2D eigenvalue weighted by Gasteiger charge is 2.01. The summed E-state index contributed by atoms with van der Waals surface area (Å²) in [5.41, 5.74) is 6.20. The number of aryl methyl sites for hydroxylation is 1. The maximum Gasteiger partial charge on any atom is 0.165 e. The van der Waals surface area contributed by atoms with E-state index in [2.05, 4.69) is 5.10 Å². The van der Waals surface area contributed by atoms with E-state index in [1.54, 1.807) is 35.3 Å². The molecule has 0 saturated heterocycles. The molecule has 4 nitrogen and oxygen atoms in total. The monoisotopic (exact) mass is 253 g/mol. The van der Waals surface area contributed by atoms with Crippen molar-refractivity contribution in [3.05, 3.63) is 35.6 Å². The van der Waals surface area contributed by atoms with E-state index >= 15 is 0 Å². The molecule has 0 spiro atoms. The minimum Gasteiger partial charge on any atom is -0.454 e. The number of rotatable bonds is 2. The Kier molecular flexibility index (Phi) is 4.84. The lowest BCUT2D eigenvalue weighted by molar-refractivity contribution is 0.482. The molecule has 0 amide bonds. The van der Waals surface area contributed by atoms with E-state index in [4.69, 9.17) is 22.1 Å². The number of anilines is 1. The third-order valence-electron chi connectivity index (χ3n) is 1.81. The molecule has 1 heterocycles. The first-order valence-corrected chi connectivity index (χ1v) is 5.74. The molecule has 2 N–H and O–H groups in total. The van der Waals surface area contributed by atoms with Crippen molar-refractivity contribution in [2.75, 3.05) is 5.73 Å². The molecule has 0 bridgehead atoms. The Morgan fingerprint density at radius 1 is 1.24 bits per heavy atom. The van der Waals surface area contributed by atoms with E-state index in [0.29, 0.717) is 22.2 Å². The van der Waals surface area contributed by atoms with Crippen molar-refractivity contribution in [1.29, 1.82) is 0 Å². The summed E-state index contributed by atoms with van der Waals surface area (Å²) in [4.78, 5) is 0. The summed E-state index contributed by atoms with van der Waals surface area (Å²) in [6.45, 7) is 4.00. The van der Waals surface area contributed by atoms with Crippen molar-refractivity contribution >= 4 is 17.3 Å². The van der Waals surface area contributed by atoms with Crippen LogP contribution in [0, 0.1) is 0 Å². The van der Waals surface area contributed by atoms with Crippen molar-refractivity contribution in [2.45, 2.75) is 13.8 Å². The first kappa shape index (κ1) is 13.4. The van der Waals surface area contributed by atoms with Crippen molar-refractivity contribution in [1.82, 2.24) is 9.78 Å². The molecule has 0 radical (unpaired) electrons. The molecule has 17 heavy (non-hydrogen) atoms. The molecule has 5 heteroatoms. The van der Waals surface area contributed by atoms with Crippen LogP contribution >= 0.6 is 11.6 Å². The highest BCUT2D eigenvalue weighted by atomic mass is 35.5. The van der Waals surface area contributed by atoms with Crippen LogP contribution < -0.4 is 10.5 Å². The second-order valence-corrected chi connectivity index (χ2v) is 3.61. The molecule has 0 aliphatic rings. The average Bonchev–Trinajstić information content (AvgIpc) is 2.65. The van der Waals surface area contributed by atoms with Gasteiger partial charge in [-0.1, -0.05) is 25.4 Å². The molecular formula is C12H16ClN3O. The smallest absolute Gasteiger partial charge is 0.165 e. The van der Waals surface area contributed by atoms with Gasteiger partial charge in [0.1, 0.15) is 5.75 Å². The molecule has 0 fully saturated rings. The number of hydrogen-bond acceptors (Lipinski definition) is 3. The lowest BCUT2D eigenvalue weighted by Crippen LogP contribution is -1.88. The largest absolute Gasteiger partial charge is 0.454 e. The standard InChI is InChI=1S/C10H10ClN3O.C2H6/c1-14-6-10(5-13-14)15-9-3-7(11)2-8(12)4-9;1-2/h2-6H,12H2,1H3;1-2H3. The second-order valence-electron chi connectivity index (χ2n) is 3.17. The molecule has 1 aromatic heterocycles. The van der Waals surface area contributed by atoms with Crippen LogP contribution in [0.3, 0.4) is 0 Å². The van der Waals surface area contributed by atoms with E-state index in [1.165, 1.54) is 0 Å². The molecule has 0 atom stereocenters. The highest BCUT2D eigenvalue weighted by molar-refractivity contribution is 6.31. The Balaban J connectivity index is 0.000000686. The quantitative estimate of drug-likeness (QED) is 0.834. The van der Waals surface area contributed by atoms with Gasteiger partial charge in [-0.2, -0.15) is 5.10 Å². The summed E-state index contributed by atoms with van der Waals surface area (Å²) in [5, 5.41) is 4.53. The normalized spacial score (nSPS) is 9.41. The van der Waals surface area contributed by atoms with Gasteiger partial charge in [0, 0.05) is 23.8 Å². The topological polar surface area (TPSA) is 53.1 Å². The van der Waals surface area contributed by atoms with Crippen LogP contribution in [0.5, 0.6) is 11.5 Å².